The van der Waals surface area contributed by atoms with Crippen LogP contribution in [0.5, 0.6) is 0 Å². The van der Waals surface area contributed by atoms with Crippen molar-refractivity contribution in [2.75, 3.05) is 26.4 Å². The van der Waals surface area contributed by atoms with Crippen LogP contribution in [0.25, 0.3) is 0 Å². The average Bonchev–Trinajstić information content (AvgIpc) is 2.51. The minimum atomic E-state index is 0. The average molecular weight is 336 g/mol. The number of nitrogens with zero attached hydrogens (tertiary/aromatic N) is 1. The van der Waals surface area contributed by atoms with E-state index in [9.17, 15) is 5.11 Å². The number of aliphatic hydroxyl groups is 1. The van der Waals surface area contributed by atoms with E-state index in [0.717, 1.165) is 4.48 Å². The molecule has 0 heterocycles. The van der Waals surface area contributed by atoms with Crippen LogP contribution in [0.15, 0.2) is 0 Å². The molecule has 3 heteroatoms. The van der Waals surface area contributed by atoms with E-state index in [1.54, 1.807) is 0 Å². The van der Waals surface area contributed by atoms with Gasteiger partial charge in [0.05, 0.1) is 19.6 Å². The Labute approximate surface area is 146 Å². The smallest absolute Gasteiger partial charge is 0.180 e. The molecule has 0 saturated heterocycles. The van der Waals surface area contributed by atoms with Gasteiger partial charge in [0.25, 0.3) is 0 Å². The Bertz CT molecular complexity index is 180. The van der Waals surface area contributed by atoms with E-state index in [1.807, 2.05) is 0 Å². The van der Waals surface area contributed by atoms with Gasteiger partial charge < -0.3 is 22.0 Å². The van der Waals surface area contributed by atoms with Gasteiger partial charge in [-0.2, -0.15) is 0 Å². The van der Waals surface area contributed by atoms with Crippen LogP contribution in [0.3, 0.4) is 0 Å². The van der Waals surface area contributed by atoms with Crippen LogP contribution in [-0.2, 0) is 0 Å². The van der Waals surface area contributed by atoms with E-state index in [1.165, 1.54) is 96.7 Å². The first-order valence-electron chi connectivity index (χ1n) is 9.70. The lowest BCUT2D eigenvalue weighted by Crippen LogP contribution is -3.00. The fourth-order valence-electron chi connectivity index (χ4n) is 3.17. The first-order valence-corrected chi connectivity index (χ1v) is 9.70. The Hall–Kier alpha value is 0.210. The molecular formula is C19H42ClNO. The molecule has 1 N–H and O–H groups in total. The van der Waals surface area contributed by atoms with Gasteiger partial charge >= 0.3 is 0 Å². The van der Waals surface area contributed by atoms with Gasteiger partial charge in [-0.1, -0.05) is 59.3 Å². The van der Waals surface area contributed by atoms with Crippen LogP contribution < -0.4 is 12.4 Å². The largest absolute Gasteiger partial charge is 1.00 e. The van der Waals surface area contributed by atoms with E-state index in [-0.39, 0.29) is 12.4 Å². The summed E-state index contributed by atoms with van der Waals surface area (Å²) < 4.78 is 0.969. The number of aliphatic hydroxyl groups excluding tert-OH is 1. The first kappa shape index (κ1) is 24.5. The number of rotatable bonds is 16. The van der Waals surface area contributed by atoms with E-state index in [4.69, 9.17) is 0 Å². The third-order valence-corrected chi connectivity index (χ3v) is 4.76. The third kappa shape index (κ3) is 12.7. The normalized spacial score (nSPS) is 11.5. The van der Waals surface area contributed by atoms with Gasteiger partial charge in [0.2, 0.25) is 0 Å². The van der Waals surface area contributed by atoms with Crippen molar-refractivity contribution in [2.45, 2.75) is 97.8 Å². The molecule has 0 aliphatic heterocycles. The molecule has 0 bridgehead atoms. The highest BCUT2D eigenvalue weighted by Crippen LogP contribution is 2.16. The second-order valence-corrected chi connectivity index (χ2v) is 6.84. The van der Waals surface area contributed by atoms with E-state index >= 15 is 0 Å². The lowest BCUT2D eigenvalue weighted by molar-refractivity contribution is -0.945. The summed E-state index contributed by atoms with van der Waals surface area (Å²) in [5.74, 6) is 0. The van der Waals surface area contributed by atoms with Crippen molar-refractivity contribution in [3.63, 3.8) is 0 Å². The van der Waals surface area contributed by atoms with Crippen LogP contribution in [0.2, 0.25) is 0 Å². The highest BCUT2D eigenvalue weighted by atomic mass is 35.5. The highest BCUT2D eigenvalue weighted by Gasteiger charge is 2.24. The Morgan fingerprint density at radius 1 is 0.545 bits per heavy atom. The van der Waals surface area contributed by atoms with Crippen LogP contribution in [0, 0.1) is 0 Å². The van der Waals surface area contributed by atoms with Crippen LogP contribution in [-0.4, -0.2) is 36.0 Å². The van der Waals surface area contributed by atoms with Crippen molar-refractivity contribution in [3.05, 3.63) is 0 Å². The summed E-state index contributed by atoms with van der Waals surface area (Å²) in [7, 11) is 0. The maximum absolute atomic E-state index is 10.0. The molecule has 136 valence electrons. The van der Waals surface area contributed by atoms with Crippen molar-refractivity contribution < 1.29 is 22.0 Å². The molecule has 0 unspecified atom stereocenters. The Balaban J connectivity index is 0. The SMILES string of the molecule is CCCCCC[N+](CO)(CCCCCC)CCCCCC.[Cl-]. The second-order valence-electron chi connectivity index (χ2n) is 6.84. The van der Waals surface area contributed by atoms with Gasteiger partial charge in [-0.25, -0.2) is 0 Å². The highest BCUT2D eigenvalue weighted by molar-refractivity contribution is 4.49. The lowest BCUT2D eigenvalue weighted by Gasteiger charge is -2.37. The molecule has 0 rings (SSSR count). The van der Waals surface area contributed by atoms with Crippen molar-refractivity contribution in [1.82, 2.24) is 0 Å². The minimum Gasteiger partial charge on any atom is -1.00 e. The van der Waals surface area contributed by atoms with Crippen LogP contribution in [0.4, 0.5) is 0 Å². The number of hydrogen-bond donors (Lipinski definition) is 1. The Kier molecular flexibility index (Phi) is 19.5. The molecule has 0 radical (unpaired) electrons. The van der Waals surface area contributed by atoms with Gasteiger partial charge in [-0.3, -0.25) is 0 Å². The summed E-state index contributed by atoms with van der Waals surface area (Å²) in [5, 5.41) is 10.0. The topological polar surface area (TPSA) is 20.2 Å². The van der Waals surface area contributed by atoms with E-state index in [0.29, 0.717) is 6.73 Å². The second kappa shape index (κ2) is 17.6. The molecular weight excluding hydrogens is 294 g/mol. The number of halogens is 1. The zero-order valence-electron chi connectivity index (χ0n) is 15.6. The quantitative estimate of drug-likeness (QED) is 0.261. The predicted octanol–water partition coefficient (Wildman–Crippen LogP) is 2.50. The summed E-state index contributed by atoms with van der Waals surface area (Å²) in [6.45, 7) is 10.7. The molecule has 0 aliphatic rings. The van der Waals surface area contributed by atoms with Crippen molar-refractivity contribution in [3.8, 4) is 0 Å². The number of unbranched alkanes of at least 4 members (excludes halogenated alkanes) is 9. The van der Waals surface area contributed by atoms with E-state index < -0.39 is 0 Å². The fraction of sp³-hybridized carbons (Fsp3) is 1.00. The standard InChI is InChI=1S/C19H42NO.ClH/c1-4-7-10-13-16-20(19-21,17-14-11-8-5-2)18-15-12-9-6-3;/h21H,4-19H2,1-3H3;1H/q+1;/p-1. The van der Waals surface area contributed by atoms with Gasteiger partial charge in [0, 0.05) is 0 Å². The Morgan fingerprint density at radius 3 is 1.09 bits per heavy atom. The van der Waals surface area contributed by atoms with Crippen molar-refractivity contribution in [1.29, 1.82) is 0 Å². The maximum Gasteiger partial charge on any atom is 0.180 e. The zero-order chi connectivity index (χ0) is 15.8. The van der Waals surface area contributed by atoms with Gasteiger partial charge in [-0.05, 0) is 38.5 Å². The summed E-state index contributed by atoms with van der Waals surface area (Å²) in [6, 6.07) is 0. The summed E-state index contributed by atoms with van der Waals surface area (Å²) >= 11 is 0. The minimum absolute atomic E-state index is 0. The van der Waals surface area contributed by atoms with Gasteiger partial charge in [0.15, 0.2) is 6.73 Å². The summed E-state index contributed by atoms with van der Waals surface area (Å²) in [4.78, 5) is 0. The summed E-state index contributed by atoms with van der Waals surface area (Å²) in [5.41, 5.74) is 0. The molecule has 2 nitrogen and oxygen atoms in total. The molecule has 0 aliphatic carbocycles. The first-order chi connectivity index (χ1) is 10.2. The van der Waals surface area contributed by atoms with E-state index in [2.05, 4.69) is 20.8 Å². The summed E-state index contributed by atoms with van der Waals surface area (Å²) in [6.07, 6.45) is 15.8. The predicted molar refractivity (Wildman–Crippen MR) is 94.4 cm³/mol. The Morgan fingerprint density at radius 2 is 0.864 bits per heavy atom. The molecule has 22 heavy (non-hydrogen) atoms. The third-order valence-electron chi connectivity index (χ3n) is 4.76. The van der Waals surface area contributed by atoms with Crippen molar-refractivity contribution >= 4 is 0 Å². The number of quaternary nitrogens is 1. The van der Waals surface area contributed by atoms with Gasteiger partial charge in [0.1, 0.15) is 0 Å². The van der Waals surface area contributed by atoms with Crippen LogP contribution in [0.1, 0.15) is 97.8 Å². The molecule has 0 spiro atoms. The molecule has 0 fully saturated rings. The molecule has 0 amide bonds. The number of hydrogen-bond acceptors (Lipinski definition) is 1. The molecule has 0 aromatic heterocycles. The molecule has 0 saturated carbocycles. The fourth-order valence-corrected chi connectivity index (χ4v) is 3.17. The lowest BCUT2D eigenvalue weighted by atomic mass is 10.1. The monoisotopic (exact) mass is 335 g/mol. The molecule has 0 aromatic carbocycles. The molecule has 0 aromatic rings. The van der Waals surface area contributed by atoms with Crippen LogP contribution >= 0.6 is 0 Å². The maximum atomic E-state index is 10.0. The molecule has 0 atom stereocenters. The van der Waals surface area contributed by atoms with Gasteiger partial charge in [-0.15, -0.1) is 0 Å². The zero-order valence-corrected chi connectivity index (χ0v) is 16.3. The van der Waals surface area contributed by atoms with Crippen molar-refractivity contribution in [2.24, 2.45) is 0 Å².